The van der Waals surface area contributed by atoms with Crippen molar-refractivity contribution >= 4 is 21.6 Å². The van der Waals surface area contributed by atoms with Gasteiger partial charge < -0.3 is 0 Å². The van der Waals surface area contributed by atoms with Crippen LogP contribution in [-0.2, 0) is 22.9 Å². The molecule has 1 aliphatic rings. The van der Waals surface area contributed by atoms with Gasteiger partial charge in [-0.15, -0.1) is 11.6 Å². The van der Waals surface area contributed by atoms with E-state index in [1.807, 2.05) is 26.0 Å². The van der Waals surface area contributed by atoms with Gasteiger partial charge >= 0.3 is 0 Å². The zero-order chi connectivity index (χ0) is 14.8. The SMILES string of the molecule is CC(C)N(CCCCl)S(=O)(=O)c1ccc2c(c1)CCC2. The lowest BCUT2D eigenvalue weighted by Gasteiger charge is -2.26. The molecule has 1 aromatic rings. The molecule has 0 radical (unpaired) electrons. The highest BCUT2D eigenvalue weighted by atomic mass is 35.5. The maximum atomic E-state index is 12.8. The van der Waals surface area contributed by atoms with Gasteiger partial charge in [-0.05, 0) is 62.8 Å². The molecule has 0 saturated heterocycles. The lowest BCUT2D eigenvalue weighted by molar-refractivity contribution is 0.354. The van der Waals surface area contributed by atoms with Crippen molar-refractivity contribution in [1.82, 2.24) is 4.31 Å². The monoisotopic (exact) mass is 315 g/mol. The van der Waals surface area contributed by atoms with Gasteiger partial charge in [-0.3, -0.25) is 0 Å². The summed E-state index contributed by atoms with van der Waals surface area (Å²) in [6, 6.07) is 5.51. The average Bonchev–Trinajstić information content (AvgIpc) is 2.85. The van der Waals surface area contributed by atoms with Crippen LogP contribution in [0.15, 0.2) is 23.1 Å². The van der Waals surface area contributed by atoms with Gasteiger partial charge in [-0.2, -0.15) is 4.31 Å². The van der Waals surface area contributed by atoms with E-state index in [1.54, 1.807) is 10.4 Å². The van der Waals surface area contributed by atoms with E-state index in [0.29, 0.717) is 23.7 Å². The third kappa shape index (κ3) is 3.18. The first-order chi connectivity index (χ1) is 9.46. The standard InChI is InChI=1S/C15H22ClNO2S/c1-12(2)17(10-4-9-16)20(18,19)15-8-7-13-5-3-6-14(13)11-15/h7-8,11-12H,3-6,9-10H2,1-2H3. The Kier molecular flexibility index (Phi) is 5.10. The van der Waals surface area contributed by atoms with E-state index in [0.717, 1.165) is 19.3 Å². The Labute approximate surface area is 127 Å². The van der Waals surface area contributed by atoms with Crippen molar-refractivity contribution in [2.75, 3.05) is 12.4 Å². The zero-order valence-electron chi connectivity index (χ0n) is 12.1. The molecule has 0 bridgehead atoms. The van der Waals surface area contributed by atoms with Crippen LogP contribution in [0.1, 0.15) is 37.8 Å². The summed E-state index contributed by atoms with van der Waals surface area (Å²) in [6.45, 7) is 4.28. The van der Waals surface area contributed by atoms with Crippen LogP contribution in [0.5, 0.6) is 0 Å². The summed E-state index contributed by atoms with van der Waals surface area (Å²) in [5.74, 6) is 0.475. The quantitative estimate of drug-likeness (QED) is 0.756. The van der Waals surface area contributed by atoms with E-state index in [4.69, 9.17) is 11.6 Å². The number of sulfonamides is 1. The fourth-order valence-corrected chi connectivity index (χ4v) is 4.56. The summed E-state index contributed by atoms with van der Waals surface area (Å²) in [4.78, 5) is 0.418. The molecule has 1 aliphatic carbocycles. The average molecular weight is 316 g/mol. The molecule has 20 heavy (non-hydrogen) atoms. The maximum Gasteiger partial charge on any atom is 0.243 e. The molecular weight excluding hydrogens is 294 g/mol. The Bertz CT molecular complexity index is 569. The molecule has 1 aromatic carbocycles. The van der Waals surface area contributed by atoms with E-state index in [1.165, 1.54) is 11.1 Å². The van der Waals surface area contributed by atoms with Gasteiger partial charge in [0, 0.05) is 18.5 Å². The second-order valence-electron chi connectivity index (χ2n) is 5.54. The molecule has 0 unspecified atom stereocenters. The van der Waals surface area contributed by atoms with E-state index >= 15 is 0 Å². The fourth-order valence-electron chi connectivity index (χ4n) is 2.72. The Hall–Kier alpha value is -0.580. The van der Waals surface area contributed by atoms with Crippen molar-refractivity contribution in [2.45, 2.75) is 50.5 Å². The molecular formula is C15H22ClNO2S. The normalized spacial score (nSPS) is 15.1. The van der Waals surface area contributed by atoms with Gasteiger partial charge in [-0.1, -0.05) is 6.07 Å². The van der Waals surface area contributed by atoms with E-state index in [9.17, 15) is 8.42 Å². The van der Waals surface area contributed by atoms with Gasteiger partial charge in [0.15, 0.2) is 0 Å². The van der Waals surface area contributed by atoms with Gasteiger partial charge in [0.1, 0.15) is 0 Å². The molecule has 112 valence electrons. The highest BCUT2D eigenvalue weighted by Crippen LogP contribution is 2.27. The maximum absolute atomic E-state index is 12.8. The van der Waals surface area contributed by atoms with E-state index in [2.05, 4.69) is 0 Å². The molecule has 0 N–H and O–H groups in total. The van der Waals surface area contributed by atoms with Gasteiger partial charge in [0.25, 0.3) is 0 Å². The second kappa shape index (κ2) is 6.46. The van der Waals surface area contributed by atoms with Crippen molar-refractivity contribution in [3.63, 3.8) is 0 Å². The molecule has 0 aliphatic heterocycles. The first-order valence-electron chi connectivity index (χ1n) is 7.16. The number of rotatable bonds is 6. The fraction of sp³-hybridized carbons (Fsp3) is 0.600. The van der Waals surface area contributed by atoms with Crippen LogP contribution in [0.3, 0.4) is 0 Å². The summed E-state index contributed by atoms with van der Waals surface area (Å²) in [6.07, 6.45) is 3.85. The van der Waals surface area contributed by atoms with Gasteiger partial charge in [0.2, 0.25) is 10.0 Å². The molecule has 0 heterocycles. The van der Waals surface area contributed by atoms with Crippen molar-refractivity contribution < 1.29 is 8.42 Å². The Morgan fingerprint density at radius 1 is 1.25 bits per heavy atom. The lowest BCUT2D eigenvalue weighted by Crippen LogP contribution is -2.37. The predicted octanol–water partition coefficient (Wildman–Crippen LogP) is 3.20. The van der Waals surface area contributed by atoms with Crippen LogP contribution in [0, 0.1) is 0 Å². The first kappa shape index (κ1) is 15.8. The van der Waals surface area contributed by atoms with Crippen molar-refractivity contribution in [3.8, 4) is 0 Å². The van der Waals surface area contributed by atoms with Crippen molar-refractivity contribution in [2.24, 2.45) is 0 Å². The van der Waals surface area contributed by atoms with Crippen LogP contribution in [-0.4, -0.2) is 31.2 Å². The number of hydrogen-bond donors (Lipinski definition) is 0. The van der Waals surface area contributed by atoms with Gasteiger partial charge in [-0.25, -0.2) is 8.42 Å². The minimum absolute atomic E-state index is 0.0588. The van der Waals surface area contributed by atoms with Crippen LogP contribution in [0.4, 0.5) is 0 Å². The number of benzene rings is 1. The number of halogens is 1. The number of aryl methyl sites for hydroxylation is 2. The Morgan fingerprint density at radius 2 is 1.95 bits per heavy atom. The predicted molar refractivity (Wildman–Crippen MR) is 82.8 cm³/mol. The van der Waals surface area contributed by atoms with Crippen molar-refractivity contribution in [1.29, 1.82) is 0 Å². The summed E-state index contributed by atoms with van der Waals surface area (Å²) >= 11 is 5.70. The largest absolute Gasteiger partial charge is 0.243 e. The minimum Gasteiger partial charge on any atom is -0.207 e. The second-order valence-corrected chi connectivity index (χ2v) is 7.80. The summed E-state index contributed by atoms with van der Waals surface area (Å²) in [5.41, 5.74) is 2.48. The zero-order valence-corrected chi connectivity index (χ0v) is 13.7. The highest BCUT2D eigenvalue weighted by Gasteiger charge is 2.27. The van der Waals surface area contributed by atoms with Gasteiger partial charge in [0.05, 0.1) is 4.90 Å². The smallest absolute Gasteiger partial charge is 0.207 e. The van der Waals surface area contributed by atoms with Crippen LogP contribution in [0.2, 0.25) is 0 Å². The summed E-state index contributed by atoms with van der Waals surface area (Å²) < 4.78 is 27.1. The van der Waals surface area contributed by atoms with E-state index in [-0.39, 0.29) is 6.04 Å². The molecule has 0 fully saturated rings. The third-order valence-corrected chi connectivity index (χ3v) is 6.10. The Morgan fingerprint density at radius 3 is 2.60 bits per heavy atom. The molecule has 2 rings (SSSR count). The number of hydrogen-bond acceptors (Lipinski definition) is 2. The number of nitrogens with zero attached hydrogens (tertiary/aromatic N) is 1. The topological polar surface area (TPSA) is 37.4 Å². The molecule has 0 atom stereocenters. The van der Waals surface area contributed by atoms with Crippen LogP contribution >= 0.6 is 11.6 Å². The molecule has 0 spiro atoms. The minimum atomic E-state index is -3.42. The molecule has 5 heteroatoms. The molecule has 0 aromatic heterocycles. The molecule has 0 amide bonds. The number of fused-ring (bicyclic) bond motifs is 1. The lowest BCUT2D eigenvalue weighted by atomic mass is 10.1. The highest BCUT2D eigenvalue weighted by molar-refractivity contribution is 7.89. The molecule has 0 saturated carbocycles. The Balaban J connectivity index is 2.32. The van der Waals surface area contributed by atoms with Crippen LogP contribution < -0.4 is 0 Å². The first-order valence-corrected chi connectivity index (χ1v) is 9.14. The van der Waals surface area contributed by atoms with Crippen molar-refractivity contribution in [3.05, 3.63) is 29.3 Å². The van der Waals surface area contributed by atoms with E-state index < -0.39 is 10.0 Å². The third-order valence-electron chi connectivity index (χ3n) is 3.76. The number of alkyl halides is 1. The van der Waals surface area contributed by atoms with Crippen LogP contribution in [0.25, 0.3) is 0 Å². The summed E-state index contributed by atoms with van der Waals surface area (Å²) in [7, 11) is -3.42. The summed E-state index contributed by atoms with van der Waals surface area (Å²) in [5, 5.41) is 0. The molecule has 3 nitrogen and oxygen atoms in total.